The van der Waals surface area contributed by atoms with Crippen LogP contribution < -0.4 is 9.46 Å². The molecule has 0 atom stereocenters. The molecule has 0 aliphatic heterocycles. The minimum absolute atomic E-state index is 0.114. The number of aryl methyl sites for hydroxylation is 3. The Kier molecular flexibility index (Phi) is 3.96. The van der Waals surface area contributed by atoms with Crippen molar-refractivity contribution in [2.24, 2.45) is 0 Å². The van der Waals surface area contributed by atoms with E-state index in [9.17, 15) is 8.42 Å². The van der Waals surface area contributed by atoms with Gasteiger partial charge in [0.2, 0.25) is 0 Å². The molecule has 6 nitrogen and oxygen atoms in total. The van der Waals surface area contributed by atoms with E-state index in [4.69, 9.17) is 4.74 Å². The first-order chi connectivity index (χ1) is 11.3. The van der Waals surface area contributed by atoms with Gasteiger partial charge in [0.1, 0.15) is 16.3 Å². The lowest BCUT2D eigenvalue weighted by Gasteiger charge is -2.12. The molecule has 2 heterocycles. The molecule has 3 rings (SSSR count). The number of benzene rings is 1. The van der Waals surface area contributed by atoms with Crippen LogP contribution in [-0.4, -0.2) is 24.9 Å². The van der Waals surface area contributed by atoms with E-state index < -0.39 is 10.0 Å². The molecule has 0 unspecified atom stereocenters. The van der Waals surface area contributed by atoms with E-state index >= 15 is 0 Å². The van der Waals surface area contributed by atoms with Crippen LogP contribution in [0.15, 0.2) is 41.4 Å². The van der Waals surface area contributed by atoms with Gasteiger partial charge < -0.3 is 9.14 Å². The fourth-order valence-electron chi connectivity index (χ4n) is 2.54. The number of pyridine rings is 1. The molecule has 7 heteroatoms. The minimum atomic E-state index is -3.76. The summed E-state index contributed by atoms with van der Waals surface area (Å²) in [5.74, 6) is 0.309. The third-order valence-corrected chi connectivity index (χ3v) is 5.36. The molecule has 0 bridgehead atoms. The first-order valence-electron chi connectivity index (χ1n) is 7.44. The van der Waals surface area contributed by atoms with Gasteiger partial charge in [0.05, 0.1) is 18.5 Å². The van der Waals surface area contributed by atoms with Crippen molar-refractivity contribution in [3.05, 3.63) is 53.5 Å². The highest BCUT2D eigenvalue weighted by Gasteiger charge is 2.20. The van der Waals surface area contributed by atoms with E-state index in [1.807, 2.05) is 31.2 Å². The van der Waals surface area contributed by atoms with Crippen LogP contribution in [0, 0.1) is 20.8 Å². The Balaban J connectivity index is 2.04. The summed E-state index contributed by atoms with van der Waals surface area (Å²) < 4.78 is 35.1. The van der Waals surface area contributed by atoms with Gasteiger partial charge in [-0.25, -0.2) is 13.4 Å². The first-order valence-corrected chi connectivity index (χ1v) is 8.93. The first kappa shape index (κ1) is 16.3. The highest BCUT2D eigenvalue weighted by atomic mass is 32.2. The van der Waals surface area contributed by atoms with Crippen molar-refractivity contribution in [2.45, 2.75) is 25.7 Å². The lowest BCUT2D eigenvalue weighted by molar-refractivity contribution is 0.402. The third-order valence-electron chi connectivity index (χ3n) is 3.96. The van der Waals surface area contributed by atoms with Crippen LogP contribution in [0.3, 0.4) is 0 Å². The van der Waals surface area contributed by atoms with E-state index in [0.29, 0.717) is 11.4 Å². The molecule has 0 radical (unpaired) electrons. The SMILES string of the molecule is COc1ccc(C)cc1S(=O)(=O)Nc1ccc2nc(C)c(C)n2c1. The van der Waals surface area contributed by atoms with Crippen molar-refractivity contribution in [3.63, 3.8) is 0 Å². The van der Waals surface area contributed by atoms with E-state index in [2.05, 4.69) is 9.71 Å². The number of nitrogens with zero attached hydrogens (tertiary/aromatic N) is 2. The highest BCUT2D eigenvalue weighted by molar-refractivity contribution is 7.92. The molecule has 126 valence electrons. The molecular formula is C17H19N3O3S. The summed E-state index contributed by atoms with van der Waals surface area (Å²) in [6.07, 6.45) is 1.73. The quantitative estimate of drug-likeness (QED) is 0.789. The van der Waals surface area contributed by atoms with Gasteiger partial charge in [-0.05, 0) is 50.6 Å². The molecule has 0 saturated heterocycles. The number of fused-ring (bicyclic) bond motifs is 1. The number of hydrogen-bond donors (Lipinski definition) is 1. The summed E-state index contributed by atoms with van der Waals surface area (Å²) in [5, 5.41) is 0. The summed E-state index contributed by atoms with van der Waals surface area (Å²) in [4.78, 5) is 4.53. The maximum Gasteiger partial charge on any atom is 0.265 e. The Bertz CT molecular complexity index is 1020. The molecule has 1 N–H and O–H groups in total. The summed E-state index contributed by atoms with van der Waals surface area (Å²) in [6, 6.07) is 8.52. The average Bonchev–Trinajstić information content (AvgIpc) is 2.82. The second kappa shape index (κ2) is 5.83. The molecule has 0 amide bonds. The van der Waals surface area contributed by atoms with Crippen LogP contribution in [0.25, 0.3) is 5.65 Å². The zero-order chi connectivity index (χ0) is 17.5. The Morgan fingerprint density at radius 2 is 1.88 bits per heavy atom. The van der Waals surface area contributed by atoms with Crippen LogP contribution in [0.5, 0.6) is 5.75 Å². The predicted molar refractivity (Wildman–Crippen MR) is 93.2 cm³/mol. The van der Waals surface area contributed by atoms with Crippen molar-refractivity contribution < 1.29 is 13.2 Å². The number of aromatic nitrogens is 2. The highest BCUT2D eigenvalue weighted by Crippen LogP contribution is 2.27. The smallest absolute Gasteiger partial charge is 0.265 e. The molecular weight excluding hydrogens is 326 g/mol. The zero-order valence-corrected chi connectivity index (χ0v) is 14.8. The van der Waals surface area contributed by atoms with Crippen molar-refractivity contribution >= 4 is 21.4 Å². The predicted octanol–water partition coefficient (Wildman–Crippen LogP) is 3.07. The Morgan fingerprint density at radius 3 is 2.58 bits per heavy atom. The van der Waals surface area contributed by atoms with Crippen LogP contribution in [0.1, 0.15) is 17.0 Å². The number of ether oxygens (including phenoxy) is 1. The van der Waals surface area contributed by atoms with Gasteiger partial charge in [-0.3, -0.25) is 4.72 Å². The number of sulfonamides is 1. The molecule has 1 aromatic carbocycles. The second-order valence-corrected chi connectivity index (χ2v) is 7.34. The summed E-state index contributed by atoms with van der Waals surface area (Å²) >= 11 is 0. The maximum absolute atomic E-state index is 12.7. The molecule has 2 aromatic heterocycles. The number of nitrogens with one attached hydrogen (secondary N) is 1. The van der Waals surface area contributed by atoms with E-state index in [1.54, 1.807) is 30.5 Å². The lowest BCUT2D eigenvalue weighted by Crippen LogP contribution is -2.14. The summed E-state index contributed by atoms with van der Waals surface area (Å²) in [7, 11) is -2.31. The summed E-state index contributed by atoms with van der Waals surface area (Å²) in [6.45, 7) is 5.70. The number of methoxy groups -OCH3 is 1. The van der Waals surface area contributed by atoms with Gasteiger partial charge in [0.15, 0.2) is 0 Å². The molecule has 3 aromatic rings. The topological polar surface area (TPSA) is 72.7 Å². The molecule has 0 saturated carbocycles. The van der Waals surface area contributed by atoms with Crippen LogP contribution >= 0.6 is 0 Å². The van der Waals surface area contributed by atoms with Gasteiger partial charge in [-0.15, -0.1) is 0 Å². The molecule has 0 aliphatic rings. The van der Waals surface area contributed by atoms with Gasteiger partial charge in [0.25, 0.3) is 10.0 Å². The summed E-state index contributed by atoms with van der Waals surface area (Å²) in [5.41, 5.74) is 3.97. The normalized spacial score (nSPS) is 11.7. The van der Waals surface area contributed by atoms with Gasteiger partial charge in [-0.2, -0.15) is 0 Å². The van der Waals surface area contributed by atoms with Crippen molar-refractivity contribution in [2.75, 3.05) is 11.8 Å². The molecule has 0 fully saturated rings. The monoisotopic (exact) mass is 345 g/mol. The van der Waals surface area contributed by atoms with Crippen molar-refractivity contribution in [1.82, 2.24) is 9.38 Å². The van der Waals surface area contributed by atoms with E-state index in [-0.39, 0.29) is 4.90 Å². The number of anilines is 1. The van der Waals surface area contributed by atoms with Gasteiger partial charge >= 0.3 is 0 Å². The van der Waals surface area contributed by atoms with Crippen molar-refractivity contribution in [1.29, 1.82) is 0 Å². The Labute approximate surface area is 141 Å². The Morgan fingerprint density at radius 1 is 1.12 bits per heavy atom. The maximum atomic E-state index is 12.7. The van der Waals surface area contributed by atoms with Crippen LogP contribution in [-0.2, 0) is 10.0 Å². The van der Waals surface area contributed by atoms with Crippen LogP contribution in [0.4, 0.5) is 5.69 Å². The minimum Gasteiger partial charge on any atom is -0.495 e. The van der Waals surface area contributed by atoms with Crippen molar-refractivity contribution in [3.8, 4) is 5.75 Å². The fraction of sp³-hybridized carbons (Fsp3) is 0.235. The van der Waals surface area contributed by atoms with Crippen LogP contribution in [0.2, 0.25) is 0 Å². The lowest BCUT2D eigenvalue weighted by atomic mass is 10.2. The van der Waals surface area contributed by atoms with Gasteiger partial charge in [0, 0.05) is 11.9 Å². The second-order valence-electron chi connectivity index (χ2n) is 5.69. The average molecular weight is 345 g/mol. The standard InChI is InChI=1S/C17H19N3O3S/c1-11-5-7-15(23-4)16(9-11)24(21,22)19-14-6-8-17-18-12(2)13(3)20(17)10-14/h5-10,19H,1-4H3. The third kappa shape index (κ3) is 2.82. The molecule has 24 heavy (non-hydrogen) atoms. The van der Waals surface area contributed by atoms with E-state index in [1.165, 1.54) is 7.11 Å². The number of hydrogen-bond acceptors (Lipinski definition) is 4. The number of imidazole rings is 1. The fourth-order valence-corrected chi connectivity index (χ4v) is 3.84. The molecule has 0 spiro atoms. The molecule has 0 aliphatic carbocycles. The zero-order valence-electron chi connectivity index (χ0n) is 14.0. The van der Waals surface area contributed by atoms with Gasteiger partial charge in [-0.1, -0.05) is 6.07 Å². The Hall–Kier alpha value is -2.54. The largest absolute Gasteiger partial charge is 0.495 e. The van der Waals surface area contributed by atoms with E-state index in [0.717, 1.165) is 22.6 Å². The number of rotatable bonds is 4.